The van der Waals surface area contributed by atoms with E-state index in [0.29, 0.717) is 17.7 Å². The van der Waals surface area contributed by atoms with Crippen LogP contribution in [0.15, 0.2) is 76.8 Å². The van der Waals surface area contributed by atoms with Crippen LogP contribution in [0.25, 0.3) is 5.76 Å². The third-order valence-electron chi connectivity index (χ3n) is 12.8. The first-order valence-corrected chi connectivity index (χ1v) is 23.1. The van der Waals surface area contributed by atoms with Gasteiger partial charge in [0.1, 0.15) is 36.1 Å². The fraction of sp³-hybridized carbons (Fsp3) is 0.444. The Kier molecular flexibility index (Phi) is 10.3. The minimum atomic E-state index is -2.94. The summed E-state index contributed by atoms with van der Waals surface area (Å²) in [5.74, 6) is -2.86. The van der Waals surface area contributed by atoms with Gasteiger partial charge in [-0.1, -0.05) is 88.4 Å². The van der Waals surface area contributed by atoms with E-state index < -0.39 is 54.2 Å². The molecule has 300 valence electrons. The van der Waals surface area contributed by atoms with Crippen molar-refractivity contribution in [2.75, 3.05) is 13.1 Å². The Morgan fingerprint density at radius 3 is 2.28 bits per heavy atom. The third kappa shape index (κ3) is 6.64. The number of benzene rings is 3. The SMILES string of the molecule is CCN[C@@H]1c2onc(OCc3ccccc3)c2C(=O)[C@@]2(O[Si](C)(C)C(C)(C)C)C(=O)C3=C(O)c4c(OCc5ccccc5)cc(C5CCCN5)c(F)c4C[C@H]3C[C@@H]12. The molecule has 1 saturated heterocycles. The fourth-order valence-corrected chi connectivity index (χ4v) is 10.4. The number of halogens is 1. The van der Waals surface area contributed by atoms with Crippen molar-refractivity contribution in [1.82, 2.24) is 15.8 Å². The molecule has 3 aromatic carbocycles. The molecule has 2 heterocycles. The number of rotatable bonds is 11. The van der Waals surface area contributed by atoms with Crippen LogP contribution in [-0.4, -0.2) is 48.8 Å². The summed E-state index contributed by atoms with van der Waals surface area (Å²) in [5, 5.41) is 23.3. The zero-order valence-electron chi connectivity index (χ0n) is 33.5. The second-order valence-electron chi connectivity index (χ2n) is 17.4. The maximum Gasteiger partial charge on any atom is 0.265 e. The average molecular weight is 794 g/mol. The summed E-state index contributed by atoms with van der Waals surface area (Å²) >= 11 is 0. The second-order valence-corrected chi connectivity index (χ2v) is 22.1. The first kappa shape index (κ1) is 39.2. The predicted octanol–water partition coefficient (Wildman–Crippen LogP) is 8.73. The first-order valence-electron chi connectivity index (χ1n) is 20.1. The van der Waals surface area contributed by atoms with Crippen molar-refractivity contribution in [2.24, 2.45) is 11.8 Å². The molecule has 2 fully saturated rings. The molecule has 12 heteroatoms. The number of hydrogen-bond donors (Lipinski definition) is 3. The number of fused-ring (bicyclic) bond motifs is 4. The minimum Gasteiger partial charge on any atom is -0.507 e. The molecular weight excluding hydrogens is 742 g/mol. The number of carbonyl (C=O) groups is 2. The van der Waals surface area contributed by atoms with Gasteiger partial charge in [0.2, 0.25) is 11.6 Å². The van der Waals surface area contributed by atoms with Crippen LogP contribution in [0.5, 0.6) is 11.6 Å². The maximum absolute atomic E-state index is 17.0. The Balaban J connectivity index is 1.30. The van der Waals surface area contributed by atoms with Gasteiger partial charge in [0.15, 0.2) is 19.7 Å². The lowest BCUT2D eigenvalue weighted by atomic mass is 9.57. The number of aliphatic hydroxyl groups is 1. The van der Waals surface area contributed by atoms with Gasteiger partial charge in [-0.05, 0) is 85.2 Å². The number of nitrogens with one attached hydrogen (secondary N) is 2. The van der Waals surface area contributed by atoms with Crippen LogP contribution in [0.2, 0.25) is 18.1 Å². The van der Waals surface area contributed by atoms with Gasteiger partial charge >= 0.3 is 0 Å². The van der Waals surface area contributed by atoms with Gasteiger partial charge in [-0.15, -0.1) is 0 Å². The van der Waals surface area contributed by atoms with E-state index in [-0.39, 0.29) is 71.9 Å². The molecule has 0 radical (unpaired) electrons. The number of aliphatic hydroxyl groups excluding tert-OH is 1. The van der Waals surface area contributed by atoms with Crippen molar-refractivity contribution in [3.8, 4) is 11.6 Å². The molecular formula is C45H52FN3O7Si. The summed E-state index contributed by atoms with van der Waals surface area (Å²) in [6.07, 6.45) is 2.03. The summed E-state index contributed by atoms with van der Waals surface area (Å²) in [4.78, 5) is 31.3. The maximum atomic E-state index is 17.0. The smallest absolute Gasteiger partial charge is 0.265 e. The molecule has 1 aromatic heterocycles. The molecule has 8 rings (SSSR count). The highest BCUT2D eigenvalue weighted by molar-refractivity contribution is 6.74. The molecule has 0 spiro atoms. The summed E-state index contributed by atoms with van der Waals surface area (Å²) in [5.41, 5.74) is 0.750. The standard InChI is InChI=1S/C45H52FN3O7Si/c1-7-47-38-31-22-28-21-30-35(33(53-24-26-15-10-8-11-16-26)23-29(37(30)46)32-19-14-20-48-32)39(50)34(28)41(51)45(31,56-57(5,6)44(2,3)4)42(52)36-40(38)55-49-43(36)54-25-27-17-12-9-13-18-27/h8-13,15-18,23,28,31-32,38,47-48,50H,7,14,19-22,24-25H2,1-6H3/t28-,31-,32?,38-,45-/m0/s1. The van der Waals surface area contributed by atoms with E-state index in [1.54, 1.807) is 6.07 Å². The zero-order chi connectivity index (χ0) is 40.3. The van der Waals surface area contributed by atoms with Gasteiger partial charge < -0.3 is 34.2 Å². The average Bonchev–Trinajstić information content (AvgIpc) is 3.88. The Morgan fingerprint density at radius 2 is 1.67 bits per heavy atom. The van der Waals surface area contributed by atoms with Gasteiger partial charge in [0.25, 0.3) is 5.88 Å². The van der Waals surface area contributed by atoms with Crippen molar-refractivity contribution in [1.29, 1.82) is 0 Å². The predicted molar refractivity (Wildman–Crippen MR) is 216 cm³/mol. The van der Waals surface area contributed by atoms with Crippen LogP contribution in [0, 0.1) is 17.7 Å². The van der Waals surface area contributed by atoms with E-state index in [1.165, 1.54) is 0 Å². The normalized spacial score (nSPS) is 24.5. The van der Waals surface area contributed by atoms with E-state index in [2.05, 4.69) is 36.6 Å². The van der Waals surface area contributed by atoms with Gasteiger partial charge in [-0.25, -0.2) is 4.39 Å². The quantitative estimate of drug-likeness (QED) is 0.100. The summed E-state index contributed by atoms with van der Waals surface area (Å²) in [7, 11) is -2.94. The molecule has 3 N–H and O–H groups in total. The number of hydrogen-bond acceptors (Lipinski definition) is 10. The monoisotopic (exact) mass is 793 g/mol. The van der Waals surface area contributed by atoms with Crippen LogP contribution >= 0.6 is 0 Å². The zero-order valence-corrected chi connectivity index (χ0v) is 34.5. The van der Waals surface area contributed by atoms with Crippen molar-refractivity contribution in [3.05, 3.63) is 117 Å². The summed E-state index contributed by atoms with van der Waals surface area (Å²) < 4.78 is 42.8. The van der Waals surface area contributed by atoms with Crippen molar-refractivity contribution < 1.29 is 37.5 Å². The van der Waals surface area contributed by atoms with Gasteiger partial charge in [-0.2, -0.15) is 0 Å². The lowest BCUT2D eigenvalue weighted by molar-refractivity contribution is -0.138. The molecule has 4 aromatic rings. The Morgan fingerprint density at radius 1 is 1.00 bits per heavy atom. The Labute approximate surface area is 334 Å². The number of carbonyl (C=O) groups excluding carboxylic acids is 2. The van der Waals surface area contributed by atoms with E-state index in [9.17, 15) is 5.11 Å². The molecule has 4 aliphatic rings. The number of ether oxygens (including phenoxy) is 2. The van der Waals surface area contributed by atoms with Gasteiger partial charge in [0.05, 0.1) is 11.6 Å². The molecule has 10 nitrogen and oxygen atoms in total. The summed E-state index contributed by atoms with van der Waals surface area (Å²) in [6.45, 7) is 13.7. The van der Waals surface area contributed by atoms with Gasteiger partial charge in [-0.3, -0.25) is 9.59 Å². The molecule has 1 saturated carbocycles. The second kappa shape index (κ2) is 15.0. The van der Waals surface area contributed by atoms with E-state index in [0.717, 1.165) is 30.5 Å². The highest BCUT2D eigenvalue weighted by Gasteiger charge is 2.68. The highest BCUT2D eigenvalue weighted by Crippen LogP contribution is 2.58. The number of aromatic nitrogens is 1. The highest BCUT2D eigenvalue weighted by atomic mass is 28.4. The molecule has 1 unspecified atom stereocenters. The summed E-state index contributed by atoms with van der Waals surface area (Å²) in [6, 6.07) is 19.9. The molecule has 1 aliphatic heterocycles. The van der Waals surface area contributed by atoms with E-state index >= 15 is 14.0 Å². The Hall–Kier alpha value is -4.62. The number of nitrogens with zero attached hydrogens (tertiary/aromatic N) is 1. The third-order valence-corrected chi connectivity index (χ3v) is 17.3. The van der Waals surface area contributed by atoms with Crippen LogP contribution in [0.3, 0.4) is 0 Å². The molecule has 0 bridgehead atoms. The molecule has 0 amide bonds. The topological polar surface area (TPSA) is 132 Å². The first-order chi connectivity index (χ1) is 27.3. The van der Waals surface area contributed by atoms with Crippen molar-refractivity contribution >= 4 is 25.6 Å². The van der Waals surface area contributed by atoms with Crippen LogP contribution in [-0.2, 0) is 28.9 Å². The van der Waals surface area contributed by atoms with Crippen LogP contribution in [0.1, 0.15) is 103 Å². The van der Waals surface area contributed by atoms with Crippen molar-refractivity contribution in [2.45, 2.75) is 102 Å². The lowest BCUT2D eigenvalue weighted by Gasteiger charge is -2.54. The minimum absolute atomic E-state index is 0.0211. The van der Waals surface area contributed by atoms with Crippen molar-refractivity contribution in [3.63, 3.8) is 0 Å². The number of Topliss-reactive ketones (excluding diaryl/α,β-unsaturated/α-hetero) is 2. The number of ketones is 2. The van der Waals surface area contributed by atoms with Crippen LogP contribution in [0.4, 0.5) is 4.39 Å². The lowest BCUT2D eigenvalue weighted by Crippen LogP contribution is -2.68. The van der Waals surface area contributed by atoms with E-state index in [1.807, 2.05) is 80.7 Å². The Bertz CT molecular complexity index is 2210. The van der Waals surface area contributed by atoms with E-state index in [4.69, 9.17) is 18.4 Å². The molecule has 5 atom stereocenters. The molecule has 3 aliphatic carbocycles. The molecule has 57 heavy (non-hydrogen) atoms. The fourth-order valence-electron chi connectivity index (χ4n) is 8.95. The van der Waals surface area contributed by atoms with Crippen LogP contribution < -0.4 is 20.1 Å². The largest absolute Gasteiger partial charge is 0.507 e. The van der Waals surface area contributed by atoms with Gasteiger partial charge in [0, 0.05) is 28.7 Å².